The second kappa shape index (κ2) is 6.96. The van der Waals surface area contributed by atoms with Crippen LogP contribution in [0.5, 0.6) is 0 Å². The summed E-state index contributed by atoms with van der Waals surface area (Å²) in [4.78, 5) is 32.0. The smallest absolute Gasteiger partial charge is 0.282 e. The molecule has 138 valence electrons. The van der Waals surface area contributed by atoms with Gasteiger partial charge in [-0.2, -0.15) is 0 Å². The third kappa shape index (κ3) is 3.23. The Bertz CT molecular complexity index is 1020. The fourth-order valence-corrected chi connectivity index (χ4v) is 4.39. The van der Waals surface area contributed by atoms with Gasteiger partial charge in [-0.25, -0.2) is 4.98 Å². The minimum atomic E-state index is -0.507. The molecule has 1 amide bonds. The maximum Gasteiger partial charge on any atom is 0.282 e. The molecule has 1 aromatic heterocycles. The number of carbonyl (C=O) groups excluding carboxylic acids is 1. The minimum Gasteiger partial charge on any atom is -0.345 e. The molecule has 1 fully saturated rings. The molecule has 1 aliphatic heterocycles. The van der Waals surface area contributed by atoms with Crippen LogP contribution in [0.15, 0.2) is 42.5 Å². The van der Waals surface area contributed by atoms with Crippen LogP contribution in [0, 0.1) is 17.0 Å². The number of hydrogen-bond donors (Lipinski definition) is 0. The van der Waals surface area contributed by atoms with Crippen LogP contribution in [0.2, 0.25) is 0 Å². The standard InChI is InChI=1S/C19H18N4O3S/c1-13-5-4-8-16-17(13)20-19(27-16)22-11-9-21(10-12-22)18(24)14-6-2-3-7-15(14)23(25)26/h2-8H,9-12H2,1H3. The van der Waals surface area contributed by atoms with Crippen molar-refractivity contribution in [2.24, 2.45) is 0 Å². The molecule has 4 rings (SSSR count). The summed E-state index contributed by atoms with van der Waals surface area (Å²) in [5.41, 5.74) is 2.18. The summed E-state index contributed by atoms with van der Waals surface area (Å²) in [6.07, 6.45) is 0. The molecule has 2 heterocycles. The second-order valence-corrected chi connectivity index (χ2v) is 7.48. The van der Waals surface area contributed by atoms with Crippen LogP contribution in [0.25, 0.3) is 10.2 Å². The van der Waals surface area contributed by atoms with E-state index in [0.717, 1.165) is 20.9 Å². The number of fused-ring (bicyclic) bond motifs is 1. The molecule has 0 unspecified atom stereocenters. The van der Waals surface area contributed by atoms with E-state index >= 15 is 0 Å². The topological polar surface area (TPSA) is 79.6 Å². The Balaban J connectivity index is 1.49. The van der Waals surface area contributed by atoms with Gasteiger partial charge in [-0.05, 0) is 24.6 Å². The third-order valence-corrected chi connectivity index (χ3v) is 5.86. The van der Waals surface area contributed by atoms with Gasteiger partial charge >= 0.3 is 0 Å². The molecule has 0 N–H and O–H groups in total. The first kappa shape index (κ1) is 17.4. The molecule has 1 saturated heterocycles. The Kier molecular flexibility index (Phi) is 4.49. The maximum atomic E-state index is 12.7. The fraction of sp³-hybridized carbons (Fsp3) is 0.263. The highest BCUT2D eigenvalue weighted by Crippen LogP contribution is 2.31. The highest BCUT2D eigenvalue weighted by atomic mass is 32.1. The van der Waals surface area contributed by atoms with Crippen LogP contribution < -0.4 is 4.90 Å². The molecule has 8 heteroatoms. The van der Waals surface area contributed by atoms with Crippen LogP contribution in [-0.4, -0.2) is 46.9 Å². The number of para-hydroxylation sites is 2. The van der Waals surface area contributed by atoms with Crippen molar-refractivity contribution in [3.8, 4) is 0 Å². The van der Waals surface area contributed by atoms with E-state index in [1.54, 1.807) is 28.4 Å². The number of piperazine rings is 1. The first-order valence-corrected chi connectivity index (χ1v) is 9.50. The van der Waals surface area contributed by atoms with Gasteiger partial charge in [-0.3, -0.25) is 14.9 Å². The molecule has 7 nitrogen and oxygen atoms in total. The van der Waals surface area contributed by atoms with Crippen molar-refractivity contribution in [3.05, 3.63) is 63.7 Å². The number of hydrogen-bond acceptors (Lipinski definition) is 6. The zero-order chi connectivity index (χ0) is 19.0. The van der Waals surface area contributed by atoms with Crippen LogP contribution in [0.1, 0.15) is 15.9 Å². The van der Waals surface area contributed by atoms with Crippen molar-refractivity contribution in [2.45, 2.75) is 6.92 Å². The predicted molar refractivity (Wildman–Crippen MR) is 106 cm³/mol. The molecule has 0 spiro atoms. The molecule has 0 bridgehead atoms. The summed E-state index contributed by atoms with van der Waals surface area (Å²) in [6.45, 7) is 4.39. The zero-order valence-electron chi connectivity index (χ0n) is 14.8. The van der Waals surface area contributed by atoms with Crippen molar-refractivity contribution >= 4 is 38.3 Å². The molecule has 0 radical (unpaired) electrons. The number of amides is 1. The molecule has 0 atom stereocenters. The number of nitro groups is 1. The number of anilines is 1. The number of rotatable bonds is 3. The lowest BCUT2D eigenvalue weighted by Gasteiger charge is -2.34. The largest absolute Gasteiger partial charge is 0.345 e. The number of nitro benzene ring substituents is 1. The molecule has 3 aromatic rings. The van der Waals surface area contributed by atoms with Gasteiger partial charge in [0, 0.05) is 32.2 Å². The second-order valence-electron chi connectivity index (χ2n) is 6.47. The normalized spacial score (nSPS) is 14.6. The quantitative estimate of drug-likeness (QED) is 0.512. The molecule has 0 aliphatic carbocycles. The minimum absolute atomic E-state index is 0.145. The molecule has 1 aliphatic rings. The Morgan fingerprint density at radius 3 is 2.56 bits per heavy atom. The zero-order valence-corrected chi connectivity index (χ0v) is 15.6. The Morgan fingerprint density at radius 2 is 1.85 bits per heavy atom. The van der Waals surface area contributed by atoms with Crippen LogP contribution >= 0.6 is 11.3 Å². The van der Waals surface area contributed by atoms with Crippen molar-refractivity contribution in [1.29, 1.82) is 0 Å². The van der Waals surface area contributed by atoms with Gasteiger partial charge in [-0.15, -0.1) is 0 Å². The average Bonchev–Trinajstić information content (AvgIpc) is 3.13. The van der Waals surface area contributed by atoms with Crippen molar-refractivity contribution in [1.82, 2.24) is 9.88 Å². The molecule has 27 heavy (non-hydrogen) atoms. The van der Waals surface area contributed by atoms with Crippen LogP contribution in [0.4, 0.5) is 10.8 Å². The summed E-state index contributed by atoms with van der Waals surface area (Å²) >= 11 is 1.65. The van der Waals surface area contributed by atoms with Crippen molar-refractivity contribution in [3.63, 3.8) is 0 Å². The summed E-state index contributed by atoms with van der Waals surface area (Å²) in [5.74, 6) is -0.290. The predicted octanol–water partition coefficient (Wildman–Crippen LogP) is 3.48. The van der Waals surface area contributed by atoms with E-state index in [4.69, 9.17) is 4.98 Å². The number of thiazole rings is 1. The van der Waals surface area contributed by atoms with E-state index in [0.29, 0.717) is 26.2 Å². The maximum absolute atomic E-state index is 12.7. The Morgan fingerprint density at radius 1 is 1.11 bits per heavy atom. The molecular weight excluding hydrogens is 364 g/mol. The van der Waals surface area contributed by atoms with Crippen molar-refractivity contribution < 1.29 is 9.72 Å². The monoisotopic (exact) mass is 382 g/mol. The lowest BCUT2D eigenvalue weighted by molar-refractivity contribution is -0.385. The number of aryl methyl sites for hydroxylation is 1. The highest BCUT2D eigenvalue weighted by molar-refractivity contribution is 7.22. The van der Waals surface area contributed by atoms with E-state index in [9.17, 15) is 14.9 Å². The molecule has 2 aromatic carbocycles. The third-order valence-electron chi connectivity index (χ3n) is 4.78. The highest BCUT2D eigenvalue weighted by Gasteiger charge is 2.28. The van der Waals surface area contributed by atoms with Gasteiger partial charge in [0.25, 0.3) is 11.6 Å². The van der Waals surface area contributed by atoms with E-state index in [-0.39, 0.29) is 17.2 Å². The summed E-state index contributed by atoms with van der Waals surface area (Å²) in [7, 11) is 0. The van der Waals surface area contributed by atoms with Gasteiger partial charge in [0.15, 0.2) is 5.13 Å². The Hall–Kier alpha value is -3.00. The average molecular weight is 382 g/mol. The first-order valence-electron chi connectivity index (χ1n) is 8.68. The number of aromatic nitrogens is 1. The van der Waals surface area contributed by atoms with Gasteiger partial charge in [0.05, 0.1) is 15.1 Å². The first-order chi connectivity index (χ1) is 13.0. The van der Waals surface area contributed by atoms with E-state index in [1.165, 1.54) is 12.1 Å². The van der Waals surface area contributed by atoms with Crippen LogP contribution in [-0.2, 0) is 0 Å². The molecule has 0 saturated carbocycles. The molecular formula is C19H18N4O3S. The van der Waals surface area contributed by atoms with E-state index in [1.807, 2.05) is 6.07 Å². The summed E-state index contributed by atoms with van der Waals surface area (Å²) in [6, 6.07) is 12.3. The van der Waals surface area contributed by atoms with Crippen LogP contribution in [0.3, 0.4) is 0 Å². The van der Waals surface area contributed by atoms with E-state index < -0.39 is 4.92 Å². The van der Waals surface area contributed by atoms with Gasteiger partial charge in [-0.1, -0.05) is 35.6 Å². The van der Waals surface area contributed by atoms with Gasteiger partial charge < -0.3 is 9.80 Å². The van der Waals surface area contributed by atoms with E-state index in [2.05, 4.69) is 24.0 Å². The van der Waals surface area contributed by atoms with Gasteiger partial charge in [0.2, 0.25) is 0 Å². The van der Waals surface area contributed by atoms with Crippen molar-refractivity contribution in [2.75, 3.05) is 31.1 Å². The fourth-order valence-electron chi connectivity index (χ4n) is 3.29. The number of nitrogens with zero attached hydrogens (tertiary/aromatic N) is 4. The summed E-state index contributed by atoms with van der Waals surface area (Å²) in [5, 5.41) is 12.1. The number of carbonyl (C=O) groups is 1. The van der Waals surface area contributed by atoms with Gasteiger partial charge in [0.1, 0.15) is 5.56 Å². The lowest BCUT2D eigenvalue weighted by Crippen LogP contribution is -2.48. The lowest BCUT2D eigenvalue weighted by atomic mass is 10.1. The number of benzene rings is 2. The Labute approximate surface area is 160 Å². The SMILES string of the molecule is Cc1cccc2sc(N3CCN(C(=O)c4ccccc4[N+](=O)[O-])CC3)nc12. The summed E-state index contributed by atoms with van der Waals surface area (Å²) < 4.78 is 1.16.